The first kappa shape index (κ1) is 16.0. The van der Waals surface area contributed by atoms with Gasteiger partial charge in [-0.3, -0.25) is 4.79 Å². The first-order valence-electron chi connectivity index (χ1n) is 6.95. The highest BCUT2D eigenvalue weighted by Crippen LogP contribution is 2.37. The Kier molecular flexibility index (Phi) is 4.68. The third-order valence-electron chi connectivity index (χ3n) is 3.39. The minimum atomic E-state index is -0.0922. The summed E-state index contributed by atoms with van der Waals surface area (Å²) in [5, 5.41) is 2.87. The zero-order chi connectivity index (χ0) is 16.4. The van der Waals surface area contributed by atoms with E-state index in [4.69, 9.17) is 4.74 Å². The number of hydrogen-bond acceptors (Lipinski definition) is 2. The molecule has 0 radical (unpaired) electrons. The van der Waals surface area contributed by atoms with Gasteiger partial charge in [0.05, 0.1) is 8.95 Å². The normalized spacial score (nSPS) is 14.5. The number of anilines is 1. The maximum absolute atomic E-state index is 12.2. The van der Waals surface area contributed by atoms with Gasteiger partial charge in [-0.25, -0.2) is 0 Å². The van der Waals surface area contributed by atoms with Gasteiger partial charge in [0.15, 0.2) is 0 Å². The number of amides is 1. The van der Waals surface area contributed by atoms with Crippen molar-refractivity contribution in [2.45, 2.75) is 0 Å². The minimum absolute atomic E-state index is 0.0922. The average Bonchev–Trinajstić information content (AvgIpc) is 2.83. The van der Waals surface area contributed by atoms with Gasteiger partial charge in [-0.1, -0.05) is 30.9 Å². The van der Waals surface area contributed by atoms with Crippen LogP contribution in [0.4, 0.5) is 5.69 Å². The summed E-state index contributed by atoms with van der Waals surface area (Å²) >= 11 is 7.01. The number of hydrogen-bond donors (Lipinski definition) is 1. The zero-order valence-electron chi connectivity index (χ0n) is 12.1. The molecule has 1 amide bonds. The van der Waals surface area contributed by atoms with Crippen molar-refractivity contribution in [3.05, 3.63) is 69.1 Å². The molecule has 23 heavy (non-hydrogen) atoms. The average molecular weight is 435 g/mol. The number of rotatable bonds is 4. The lowest BCUT2D eigenvalue weighted by molar-refractivity contribution is -0.110. The number of ether oxygens (including phenoxy) is 1. The predicted octanol–water partition coefficient (Wildman–Crippen LogP) is 5.27. The number of nitrogens with one attached hydrogen (secondary N) is 1. The van der Waals surface area contributed by atoms with Crippen LogP contribution in [0, 0.1) is 0 Å². The van der Waals surface area contributed by atoms with Gasteiger partial charge in [-0.15, -0.1) is 0 Å². The Morgan fingerprint density at radius 3 is 2.57 bits per heavy atom. The molecule has 0 saturated carbocycles. The molecule has 0 fully saturated rings. The maximum Gasteiger partial charge on any atom is 0.256 e. The molecular formula is C18H13Br2NO2. The largest absolute Gasteiger partial charge is 0.487 e. The van der Waals surface area contributed by atoms with E-state index in [-0.39, 0.29) is 5.91 Å². The van der Waals surface area contributed by atoms with Crippen LogP contribution in [0.5, 0.6) is 5.75 Å². The second-order valence-corrected chi connectivity index (χ2v) is 6.68. The molecule has 1 N–H and O–H groups in total. The lowest BCUT2D eigenvalue weighted by atomic mass is 10.0. The Hall–Kier alpha value is -1.85. The third kappa shape index (κ3) is 3.26. The number of carbonyl (C=O) groups excluding carboxylic acids is 1. The minimum Gasteiger partial charge on any atom is -0.487 e. The van der Waals surface area contributed by atoms with Gasteiger partial charge in [0.1, 0.15) is 12.4 Å². The van der Waals surface area contributed by atoms with Crippen LogP contribution in [0.2, 0.25) is 0 Å². The van der Waals surface area contributed by atoms with E-state index >= 15 is 0 Å². The van der Waals surface area contributed by atoms with E-state index in [9.17, 15) is 4.79 Å². The smallest absolute Gasteiger partial charge is 0.256 e. The van der Waals surface area contributed by atoms with Crippen LogP contribution < -0.4 is 10.1 Å². The second-order valence-electron chi connectivity index (χ2n) is 4.97. The predicted molar refractivity (Wildman–Crippen MR) is 100 cm³/mol. The molecule has 3 nitrogen and oxygen atoms in total. The van der Waals surface area contributed by atoms with Crippen molar-refractivity contribution in [1.29, 1.82) is 0 Å². The molecule has 116 valence electrons. The number of halogens is 2. The molecule has 2 aromatic rings. The monoisotopic (exact) mass is 433 g/mol. The highest BCUT2D eigenvalue weighted by atomic mass is 79.9. The standard InChI is InChI=1S/C18H13Br2NO2/c1-2-7-23-17-14(19)9-11(10-15(17)20)8-13-12-5-3-4-6-16(12)21-18(13)22/h2-6,8-10H,1,7H2,(H,21,22)/b13-8-. The summed E-state index contributed by atoms with van der Waals surface area (Å²) in [5.41, 5.74) is 3.31. The van der Waals surface area contributed by atoms with Crippen molar-refractivity contribution >= 4 is 55.1 Å². The third-order valence-corrected chi connectivity index (χ3v) is 4.57. The molecule has 0 spiro atoms. The van der Waals surface area contributed by atoms with Crippen LogP contribution in [-0.2, 0) is 4.79 Å². The van der Waals surface area contributed by atoms with Crippen LogP contribution >= 0.6 is 31.9 Å². The highest BCUT2D eigenvalue weighted by Gasteiger charge is 2.23. The first-order valence-corrected chi connectivity index (χ1v) is 8.54. The fraction of sp³-hybridized carbons (Fsp3) is 0.0556. The van der Waals surface area contributed by atoms with Crippen molar-refractivity contribution in [1.82, 2.24) is 0 Å². The van der Waals surface area contributed by atoms with Crippen molar-refractivity contribution in [2.75, 3.05) is 11.9 Å². The van der Waals surface area contributed by atoms with Gasteiger partial charge >= 0.3 is 0 Å². The molecule has 0 aliphatic carbocycles. The van der Waals surface area contributed by atoms with Crippen molar-refractivity contribution in [3.8, 4) is 5.75 Å². The topological polar surface area (TPSA) is 38.3 Å². The van der Waals surface area contributed by atoms with Crippen molar-refractivity contribution < 1.29 is 9.53 Å². The fourth-order valence-corrected chi connectivity index (χ4v) is 3.84. The molecule has 3 rings (SSSR count). The molecule has 0 saturated heterocycles. The van der Waals surface area contributed by atoms with E-state index in [0.29, 0.717) is 17.9 Å². The van der Waals surface area contributed by atoms with Crippen LogP contribution in [0.15, 0.2) is 58.0 Å². The SMILES string of the molecule is C=CCOc1c(Br)cc(/C=C2\C(=O)Nc3ccccc32)cc1Br. The Morgan fingerprint density at radius 1 is 1.17 bits per heavy atom. The Bertz CT molecular complexity index is 805. The molecule has 0 aromatic heterocycles. The lowest BCUT2D eigenvalue weighted by Gasteiger charge is -2.10. The molecule has 0 bridgehead atoms. The number of para-hydroxylation sites is 1. The van der Waals surface area contributed by atoms with Gasteiger partial charge in [-0.05, 0) is 61.7 Å². The molecule has 1 aliphatic rings. The maximum atomic E-state index is 12.2. The van der Waals surface area contributed by atoms with E-state index in [0.717, 1.165) is 25.8 Å². The fourth-order valence-electron chi connectivity index (χ4n) is 2.39. The Balaban J connectivity index is 2.00. The van der Waals surface area contributed by atoms with Crippen molar-refractivity contribution in [2.24, 2.45) is 0 Å². The summed E-state index contributed by atoms with van der Waals surface area (Å²) in [5.74, 6) is 0.619. The molecule has 0 atom stereocenters. The van der Waals surface area contributed by atoms with Gasteiger partial charge in [-0.2, -0.15) is 0 Å². The molecule has 5 heteroatoms. The number of fused-ring (bicyclic) bond motifs is 1. The Labute approximate surface area is 151 Å². The summed E-state index contributed by atoms with van der Waals surface area (Å²) in [4.78, 5) is 12.2. The molecule has 1 heterocycles. The molecule has 0 unspecified atom stereocenters. The van der Waals surface area contributed by atoms with Crippen LogP contribution in [-0.4, -0.2) is 12.5 Å². The molecule has 2 aromatic carbocycles. The summed E-state index contributed by atoms with van der Waals surface area (Å²) < 4.78 is 7.23. The quantitative estimate of drug-likeness (QED) is 0.525. The Morgan fingerprint density at radius 2 is 1.87 bits per heavy atom. The summed E-state index contributed by atoms with van der Waals surface area (Å²) in [7, 11) is 0. The van der Waals surface area contributed by atoms with Gasteiger partial charge in [0, 0.05) is 16.8 Å². The van der Waals surface area contributed by atoms with E-state index in [1.807, 2.05) is 42.5 Å². The number of benzene rings is 2. The van der Waals surface area contributed by atoms with Crippen LogP contribution in [0.25, 0.3) is 11.6 Å². The van der Waals surface area contributed by atoms with E-state index < -0.39 is 0 Å². The van der Waals surface area contributed by atoms with Gasteiger partial charge in [0.25, 0.3) is 5.91 Å². The van der Waals surface area contributed by atoms with Crippen molar-refractivity contribution in [3.63, 3.8) is 0 Å². The van der Waals surface area contributed by atoms with E-state index in [1.54, 1.807) is 6.08 Å². The second kappa shape index (κ2) is 6.72. The summed E-state index contributed by atoms with van der Waals surface area (Å²) in [6.07, 6.45) is 3.56. The first-order chi connectivity index (χ1) is 11.1. The van der Waals surface area contributed by atoms with Gasteiger partial charge in [0.2, 0.25) is 0 Å². The van der Waals surface area contributed by atoms with E-state index in [1.165, 1.54) is 0 Å². The lowest BCUT2D eigenvalue weighted by Crippen LogP contribution is -2.03. The highest BCUT2D eigenvalue weighted by molar-refractivity contribution is 9.11. The van der Waals surface area contributed by atoms with Crippen LogP contribution in [0.3, 0.4) is 0 Å². The van der Waals surface area contributed by atoms with E-state index in [2.05, 4.69) is 43.8 Å². The number of carbonyl (C=O) groups is 1. The summed E-state index contributed by atoms with van der Waals surface area (Å²) in [6.45, 7) is 4.07. The van der Waals surface area contributed by atoms with Gasteiger partial charge < -0.3 is 10.1 Å². The molecule has 1 aliphatic heterocycles. The summed E-state index contributed by atoms with van der Waals surface area (Å²) in [6, 6.07) is 11.5. The zero-order valence-corrected chi connectivity index (χ0v) is 15.3. The molecular weight excluding hydrogens is 422 g/mol. The van der Waals surface area contributed by atoms with Crippen LogP contribution in [0.1, 0.15) is 11.1 Å².